The lowest BCUT2D eigenvalue weighted by molar-refractivity contribution is 0.0658. The first-order chi connectivity index (χ1) is 8.09. The maximum atomic E-state index is 11.1. The van der Waals surface area contributed by atoms with Crippen molar-refractivity contribution in [1.29, 1.82) is 0 Å². The maximum Gasteiger partial charge on any atom is 0.373 e. The van der Waals surface area contributed by atoms with Gasteiger partial charge < -0.3 is 9.52 Å². The maximum absolute atomic E-state index is 11.1. The lowest BCUT2D eigenvalue weighted by atomic mass is 10.1. The number of rotatable bonds is 3. The van der Waals surface area contributed by atoms with Gasteiger partial charge in [0.15, 0.2) is 5.89 Å². The van der Waals surface area contributed by atoms with E-state index in [0.717, 1.165) is 0 Å². The van der Waals surface area contributed by atoms with Crippen LogP contribution in [-0.2, 0) is 0 Å². The first kappa shape index (κ1) is 10.8. The molecule has 17 heavy (non-hydrogen) atoms. The zero-order chi connectivity index (χ0) is 12.2. The van der Waals surface area contributed by atoms with Gasteiger partial charge in [0.1, 0.15) is 0 Å². The molecule has 0 saturated heterocycles. The highest BCUT2D eigenvalue weighted by molar-refractivity contribution is 5.85. The van der Waals surface area contributed by atoms with Crippen molar-refractivity contribution >= 4 is 5.97 Å². The second kappa shape index (κ2) is 3.59. The van der Waals surface area contributed by atoms with E-state index in [2.05, 4.69) is 4.98 Å². The van der Waals surface area contributed by atoms with E-state index in [4.69, 9.17) is 9.52 Å². The van der Waals surface area contributed by atoms with E-state index < -0.39 is 5.97 Å². The van der Waals surface area contributed by atoms with E-state index in [-0.39, 0.29) is 11.7 Å². The molecule has 0 spiro atoms. The van der Waals surface area contributed by atoms with E-state index in [9.17, 15) is 4.79 Å². The second-order valence-electron chi connectivity index (χ2n) is 5.51. The topological polar surface area (TPSA) is 63.3 Å². The standard InChI is InChI=1S/C13H17NO3/c1-6(2)10-11(13(15)16)17-12(14-10)9-7-4-3-5-8(7)9/h6-9H,3-5H2,1-2H3,(H,15,16). The summed E-state index contributed by atoms with van der Waals surface area (Å²) >= 11 is 0. The number of hydrogen-bond acceptors (Lipinski definition) is 3. The summed E-state index contributed by atoms with van der Waals surface area (Å²) < 4.78 is 5.49. The summed E-state index contributed by atoms with van der Waals surface area (Å²) in [7, 11) is 0. The van der Waals surface area contributed by atoms with Crippen LogP contribution in [0.4, 0.5) is 0 Å². The number of carboxylic acid groups (broad SMARTS) is 1. The fourth-order valence-corrected chi connectivity index (χ4v) is 3.22. The molecule has 0 aromatic carbocycles. The molecule has 0 bridgehead atoms. The van der Waals surface area contributed by atoms with Crippen LogP contribution in [0.25, 0.3) is 0 Å². The SMILES string of the molecule is CC(C)c1nc(C2C3CCCC32)oc1C(=O)O. The fourth-order valence-electron chi connectivity index (χ4n) is 3.22. The van der Waals surface area contributed by atoms with Gasteiger partial charge in [-0.2, -0.15) is 0 Å². The Morgan fingerprint density at radius 2 is 2.06 bits per heavy atom. The van der Waals surface area contributed by atoms with E-state index in [1.165, 1.54) is 19.3 Å². The van der Waals surface area contributed by atoms with Crippen LogP contribution < -0.4 is 0 Å². The Kier molecular flexibility index (Phi) is 2.28. The third-order valence-electron chi connectivity index (χ3n) is 4.10. The number of carboxylic acids is 1. The monoisotopic (exact) mass is 235 g/mol. The summed E-state index contributed by atoms with van der Waals surface area (Å²) in [5, 5.41) is 9.10. The molecule has 1 heterocycles. The van der Waals surface area contributed by atoms with Crippen LogP contribution in [0.3, 0.4) is 0 Å². The number of aromatic carboxylic acids is 1. The molecule has 2 aliphatic rings. The highest BCUT2D eigenvalue weighted by atomic mass is 16.4. The number of nitrogens with zero attached hydrogens (tertiary/aromatic N) is 1. The van der Waals surface area contributed by atoms with Crippen molar-refractivity contribution in [3.05, 3.63) is 17.3 Å². The Balaban J connectivity index is 1.91. The fraction of sp³-hybridized carbons (Fsp3) is 0.692. The summed E-state index contributed by atoms with van der Waals surface area (Å²) in [6.45, 7) is 3.89. The summed E-state index contributed by atoms with van der Waals surface area (Å²) in [4.78, 5) is 15.5. The van der Waals surface area contributed by atoms with Crippen molar-refractivity contribution in [2.75, 3.05) is 0 Å². The van der Waals surface area contributed by atoms with E-state index in [1.54, 1.807) is 0 Å². The number of aromatic nitrogens is 1. The minimum Gasteiger partial charge on any atom is -0.475 e. The van der Waals surface area contributed by atoms with Gasteiger partial charge >= 0.3 is 5.97 Å². The number of hydrogen-bond donors (Lipinski definition) is 1. The van der Waals surface area contributed by atoms with Gasteiger partial charge in [-0.3, -0.25) is 0 Å². The molecule has 92 valence electrons. The molecule has 1 aromatic rings. The van der Waals surface area contributed by atoms with E-state index in [0.29, 0.717) is 29.3 Å². The normalized spacial score (nSPS) is 30.6. The highest BCUT2D eigenvalue weighted by Gasteiger charge is 2.56. The van der Waals surface area contributed by atoms with Crippen molar-refractivity contribution in [3.63, 3.8) is 0 Å². The van der Waals surface area contributed by atoms with Gasteiger partial charge in [0.25, 0.3) is 0 Å². The largest absolute Gasteiger partial charge is 0.475 e. The van der Waals surface area contributed by atoms with Gasteiger partial charge in [0.2, 0.25) is 5.76 Å². The Labute approximate surface area is 100 Å². The Bertz CT molecular complexity index is 453. The number of oxazole rings is 1. The number of fused-ring (bicyclic) bond motifs is 1. The first-order valence-electron chi connectivity index (χ1n) is 6.33. The molecule has 2 fully saturated rings. The average molecular weight is 235 g/mol. The first-order valence-corrected chi connectivity index (χ1v) is 6.33. The Morgan fingerprint density at radius 3 is 2.53 bits per heavy atom. The molecular weight excluding hydrogens is 218 g/mol. The summed E-state index contributed by atoms with van der Waals surface area (Å²) in [6, 6.07) is 0. The molecule has 4 nitrogen and oxygen atoms in total. The summed E-state index contributed by atoms with van der Waals surface area (Å²) in [6.07, 6.45) is 3.80. The van der Waals surface area contributed by atoms with Crippen LogP contribution in [0.2, 0.25) is 0 Å². The van der Waals surface area contributed by atoms with Crippen LogP contribution >= 0.6 is 0 Å². The van der Waals surface area contributed by atoms with Crippen LogP contribution in [0.5, 0.6) is 0 Å². The molecule has 2 saturated carbocycles. The predicted octanol–water partition coefficient (Wildman–Crippen LogP) is 3.01. The third kappa shape index (κ3) is 1.58. The van der Waals surface area contributed by atoms with Crippen molar-refractivity contribution < 1.29 is 14.3 Å². The zero-order valence-corrected chi connectivity index (χ0v) is 10.1. The average Bonchev–Trinajstić information content (AvgIpc) is 2.73. The van der Waals surface area contributed by atoms with Gasteiger partial charge in [-0.1, -0.05) is 20.3 Å². The van der Waals surface area contributed by atoms with E-state index >= 15 is 0 Å². The van der Waals surface area contributed by atoms with Crippen molar-refractivity contribution in [1.82, 2.24) is 4.98 Å². The lowest BCUT2D eigenvalue weighted by Gasteiger charge is -1.98. The molecule has 1 N–H and O–H groups in total. The van der Waals surface area contributed by atoms with Crippen LogP contribution in [0, 0.1) is 11.8 Å². The highest BCUT2D eigenvalue weighted by Crippen LogP contribution is 2.63. The Hall–Kier alpha value is -1.32. The molecule has 2 atom stereocenters. The van der Waals surface area contributed by atoms with Gasteiger partial charge in [-0.25, -0.2) is 9.78 Å². The number of carbonyl (C=O) groups is 1. The zero-order valence-electron chi connectivity index (χ0n) is 10.1. The predicted molar refractivity (Wildman–Crippen MR) is 61.1 cm³/mol. The molecule has 1 aromatic heterocycles. The Morgan fingerprint density at radius 1 is 1.41 bits per heavy atom. The quantitative estimate of drug-likeness (QED) is 0.874. The molecule has 0 radical (unpaired) electrons. The van der Waals surface area contributed by atoms with Gasteiger partial charge in [0.05, 0.1) is 5.69 Å². The minimum absolute atomic E-state index is 0.0416. The second-order valence-corrected chi connectivity index (χ2v) is 5.51. The van der Waals surface area contributed by atoms with Gasteiger partial charge in [-0.15, -0.1) is 0 Å². The summed E-state index contributed by atoms with van der Waals surface area (Å²) in [5.41, 5.74) is 0.595. The van der Waals surface area contributed by atoms with Gasteiger partial charge in [0, 0.05) is 5.92 Å². The molecule has 2 aliphatic carbocycles. The van der Waals surface area contributed by atoms with Crippen molar-refractivity contribution in [2.24, 2.45) is 11.8 Å². The van der Waals surface area contributed by atoms with Gasteiger partial charge in [-0.05, 0) is 30.6 Å². The van der Waals surface area contributed by atoms with E-state index in [1.807, 2.05) is 13.8 Å². The van der Waals surface area contributed by atoms with Crippen molar-refractivity contribution in [3.8, 4) is 0 Å². The molecule has 2 unspecified atom stereocenters. The molecule has 3 rings (SSSR count). The summed E-state index contributed by atoms with van der Waals surface area (Å²) in [5.74, 6) is 1.61. The molecule has 0 amide bonds. The van der Waals surface area contributed by atoms with Crippen molar-refractivity contribution in [2.45, 2.75) is 44.9 Å². The minimum atomic E-state index is -1.00. The molecular formula is C13H17NO3. The smallest absolute Gasteiger partial charge is 0.373 e. The van der Waals surface area contributed by atoms with Crippen LogP contribution in [-0.4, -0.2) is 16.1 Å². The lowest BCUT2D eigenvalue weighted by Crippen LogP contribution is -2.01. The van der Waals surface area contributed by atoms with Crippen LogP contribution in [0.1, 0.15) is 67.1 Å². The molecule has 0 aliphatic heterocycles. The van der Waals surface area contributed by atoms with Crippen LogP contribution in [0.15, 0.2) is 4.42 Å². The molecule has 4 heteroatoms. The third-order valence-corrected chi connectivity index (χ3v) is 4.10.